The quantitative estimate of drug-likeness (QED) is 0.326. The molecule has 1 aromatic carbocycles. The van der Waals surface area contributed by atoms with Gasteiger partial charge in [0.2, 0.25) is 0 Å². The fourth-order valence-electron chi connectivity index (χ4n) is 5.50. The molecule has 3 aliphatic rings. The third kappa shape index (κ3) is 6.50. The summed E-state index contributed by atoms with van der Waals surface area (Å²) < 4.78 is 0. The van der Waals surface area contributed by atoms with Crippen molar-refractivity contribution in [2.24, 2.45) is 10.9 Å². The third-order valence-electron chi connectivity index (χ3n) is 7.53. The molecule has 2 bridgehead atoms. The number of aliphatic imine (C=N–C) groups is 1. The van der Waals surface area contributed by atoms with Gasteiger partial charge in [0.25, 0.3) is 0 Å². The Hall–Kier alpha value is -1.02. The predicted molar refractivity (Wildman–Crippen MR) is 143 cm³/mol. The Balaban J connectivity index is 0.00000272. The minimum atomic E-state index is 0. The highest BCUT2D eigenvalue weighted by Gasteiger charge is 2.36. The molecule has 0 aliphatic carbocycles. The van der Waals surface area contributed by atoms with Gasteiger partial charge >= 0.3 is 0 Å². The van der Waals surface area contributed by atoms with Crippen molar-refractivity contribution in [3.05, 3.63) is 29.8 Å². The molecule has 5 nitrogen and oxygen atoms in total. The molecule has 2 N–H and O–H groups in total. The summed E-state index contributed by atoms with van der Waals surface area (Å²) in [5.41, 5.74) is 2.64. The molecule has 2 unspecified atom stereocenters. The average molecular weight is 540 g/mol. The van der Waals surface area contributed by atoms with Gasteiger partial charge in [-0.05, 0) is 76.1 Å². The van der Waals surface area contributed by atoms with Crippen LogP contribution in [-0.2, 0) is 6.54 Å². The molecule has 2 atom stereocenters. The molecule has 3 saturated heterocycles. The zero-order valence-electron chi connectivity index (χ0n) is 19.6. The largest absolute Gasteiger partial charge is 0.372 e. The summed E-state index contributed by atoms with van der Waals surface area (Å²) in [5, 5.41) is 7.21. The Labute approximate surface area is 206 Å². The van der Waals surface area contributed by atoms with Crippen LogP contribution in [0.25, 0.3) is 0 Å². The molecular weight excluding hydrogens is 497 g/mol. The lowest BCUT2D eigenvalue weighted by Crippen LogP contribution is -2.56. The van der Waals surface area contributed by atoms with E-state index in [1.165, 1.54) is 69.3 Å². The highest BCUT2D eigenvalue weighted by atomic mass is 127. The van der Waals surface area contributed by atoms with Gasteiger partial charge < -0.3 is 20.4 Å². The first kappa shape index (κ1) is 24.6. The van der Waals surface area contributed by atoms with Crippen molar-refractivity contribution in [1.82, 2.24) is 15.5 Å². The first-order valence-corrected chi connectivity index (χ1v) is 12.2. The standard InChI is InChI=1S/C25H41N5.HI/c1-4-26-25(28-21-16-23-6-5-7-24(17-21)29(23)3)27-18-20-8-10-22(11-9-20)30-14-12-19(2)13-15-30;/h8-11,19,21,23-24H,4-7,12-18H2,1-3H3,(H2,26,27,28);1H. The lowest BCUT2D eigenvalue weighted by atomic mass is 9.82. The maximum Gasteiger partial charge on any atom is 0.191 e. The molecule has 4 rings (SSSR count). The minimum Gasteiger partial charge on any atom is -0.372 e. The Bertz CT molecular complexity index is 684. The zero-order chi connectivity index (χ0) is 20.9. The number of guanidine groups is 1. The van der Waals surface area contributed by atoms with Crippen LogP contribution in [0.15, 0.2) is 29.3 Å². The summed E-state index contributed by atoms with van der Waals surface area (Å²) in [7, 11) is 2.32. The number of halogens is 1. The van der Waals surface area contributed by atoms with E-state index in [-0.39, 0.29) is 24.0 Å². The maximum absolute atomic E-state index is 4.91. The number of hydrogen-bond acceptors (Lipinski definition) is 3. The molecule has 0 radical (unpaired) electrons. The number of rotatable bonds is 5. The van der Waals surface area contributed by atoms with Crippen molar-refractivity contribution in [2.75, 3.05) is 31.6 Å². The first-order valence-electron chi connectivity index (χ1n) is 12.2. The lowest BCUT2D eigenvalue weighted by Gasteiger charge is -2.47. The van der Waals surface area contributed by atoms with Crippen LogP contribution in [-0.4, -0.2) is 55.7 Å². The molecule has 3 aliphatic heterocycles. The Kier molecular flexibility index (Phi) is 9.32. The van der Waals surface area contributed by atoms with Crippen LogP contribution in [0.5, 0.6) is 0 Å². The molecule has 0 amide bonds. The van der Waals surface area contributed by atoms with Crippen LogP contribution in [0.2, 0.25) is 0 Å². The Morgan fingerprint density at radius 3 is 2.29 bits per heavy atom. The van der Waals surface area contributed by atoms with Gasteiger partial charge in [-0.1, -0.05) is 25.5 Å². The summed E-state index contributed by atoms with van der Waals surface area (Å²) in [5.74, 6) is 1.84. The second-order valence-electron chi connectivity index (χ2n) is 9.75. The number of nitrogens with one attached hydrogen (secondary N) is 2. The summed E-state index contributed by atoms with van der Waals surface area (Å²) >= 11 is 0. The SMILES string of the molecule is CCNC(=NCc1ccc(N2CCC(C)CC2)cc1)NC1CC2CCCC(C1)N2C.I. The van der Waals surface area contributed by atoms with Crippen LogP contribution < -0.4 is 15.5 Å². The van der Waals surface area contributed by atoms with Gasteiger partial charge in [-0.2, -0.15) is 0 Å². The molecule has 3 fully saturated rings. The molecule has 3 heterocycles. The van der Waals surface area contributed by atoms with E-state index in [1.54, 1.807) is 0 Å². The Morgan fingerprint density at radius 2 is 1.68 bits per heavy atom. The normalized spacial score (nSPS) is 27.5. The second kappa shape index (κ2) is 11.7. The molecule has 0 aromatic heterocycles. The highest BCUT2D eigenvalue weighted by Crippen LogP contribution is 2.32. The molecule has 1 aromatic rings. The lowest BCUT2D eigenvalue weighted by molar-refractivity contribution is 0.0526. The van der Waals surface area contributed by atoms with Crippen LogP contribution >= 0.6 is 24.0 Å². The number of nitrogens with zero attached hydrogens (tertiary/aromatic N) is 3. The molecule has 0 saturated carbocycles. The van der Waals surface area contributed by atoms with E-state index in [1.807, 2.05) is 0 Å². The van der Waals surface area contributed by atoms with Crippen LogP contribution in [0.4, 0.5) is 5.69 Å². The van der Waals surface area contributed by atoms with Crippen molar-refractivity contribution < 1.29 is 0 Å². The topological polar surface area (TPSA) is 42.9 Å². The van der Waals surface area contributed by atoms with Crippen LogP contribution in [0.3, 0.4) is 0 Å². The van der Waals surface area contributed by atoms with Crippen molar-refractivity contribution in [3.63, 3.8) is 0 Å². The summed E-state index contributed by atoms with van der Waals surface area (Å²) in [6, 6.07) is 11.1. The van der Waals surface area contributed by atoms with E-state index in [4.69, 9.17) is 4.99 Å². The van der Waals surface area contributed by atoms with Gasteiger partial charge in [0.1, 0.15) is 0 Å². The number of anilines is 1. The highest BCUT2D eigenvalue weighted by molar-refractivity contribution is 14.0. The molecule has 0 spiro atoms. The predicted octanol–water partition coefficient (Wildman–Crippen LogP) is 4.61. The van der Waals surface area contributed by atoms with Crippen molar-refractivity contribution in [1.29, 1.82) is 0 Å². The van der Waals surface area contributed by atoms with Gasteiger partial charge in [0, 0.05) is 43.4 Å². The third-order valence-corrected chi connectivity index (χ3v) is 7.53. The average Bonchev–Trinajstić information content (AvgIpc) is 2.74. The van der Waals surface area contributed by atoms with Gasteiger partial charge in [0.05, 0.1) is 6.54 Å². The van der Waals surface area contributed by atoms with Gasteiger partial charge in [-0.15, -0.1) is 24.0 Å². The van der Waals surface area contributed by atoms with Crippen molar-refractivity contribution >= 4 is 35.6 Å². The number of piperidine rings is 3. The monoisotopic (exact) mass is 539 g/mol. The zero-order valence-corrected chi connectivity index (χ0v) is 22.0. The Morgan fingerprint density at radius 1 is 1.03 bits per heavy atom. The first-order chi connectivity index (χ1) is 14.6. The molecule has 31 heavy (non-hydrogen) atoms. The second-order valence-corrected chi connectivity index (χ2v) is 9.75. The molecule has 174 valence electrons. The number of benzene rings is 1. The van der Waals surface area contributed by atoms with Crippen molar-refractivity contribution in [3.8, 4) is 0 Å². The summed E-state index contributed by atoms with van der Waals surface area (Å²) in [6.07, 6.45) is 9.18. The minimum absolute atomic E-state index is 0. The van der Waals surface area contributed by atoms with Gasteiger partial charge in [0.15, 0.2) is 5.96 Å². The van der Waals surface area contributed by atoms with E-state index in [9.17, 15) is 0 Å². The van der Waals surface area contributed by atoms with E-state index >= 15 is 0 Å². The van der Waals surface area contributed by atoms with Crippen molar-refractivity contribution in [2.45, 2.75) is 83.5 Å². The maximum atomic E-state index is 4.91. The molecule has 6 heteroatoms. The fraction of sp³-hybridized carbons (Fsp3) is 0.720. The number of hydrogen-bond donors (Lipinski definition) is 2. The number of fused-ring (bicyclic) bond motifs is 2. The van der Waals surface area contributed by atoms with E-state index in [2.05, 4.69) is 65.6 Å². The van der Waals surface area contributed by atoms with Crippen LogP contribution in [0, 0.1) is 5.92 Å². The van der Waals surface area contributed by atoms with Gasteiger partial charge in [-0.25, -0.2) is 4.99 Å². The van der Waals surface area contributed by atoms with E-state index in [0.29, 0.717) is 6.04 Å². The molecular formula is C25H42IN5. The summed E-state index contributed by atoms with van der Waals surface area (Å²) in [4.78, 5) is 10.1. The smallest absolute Gasteiger partial charge is 0.191 e. The van der Waals surface area contributed by atoms with Gasteiger partial charge in [-0.3, -0.25) is 0 Å². The summed E-state index contributed by atoms with van der Waals surface area (Å²) in [6.45, 7) is 8.52. The van der Waals surface area contributed by atoms with E-state index in [0.717, 1.165) is 37.1 Å². The van der Waals surface area contributed by atoms with Crippen LogP contribution in [0.1, 0.15) is 64.4 Å². The van der Waals surface area contributed by atoms with E-state index < -0.39 is 0 Å². The fourth-order valence-corrected chi connectivity index (χ4v) is 5.50.